The number of amides is 1. The SMILES string of the molecule is CCN1CCN([C@H](C)CNC(=O)c2cc(C)nc3ccccc23)CC1. The van der Waals surface area contributed by atoms with Crippen molar-refractivity contribution in [3.8, 4) is 0 Å². The molecule has 1 amide bonds. The number of hydrogen-bond acceptors (Lipinski definition) is 4. The van der Waals surface area contributed by atoms with E-state index in [0.29, 0.717) is 18.2 Å². The van der Waals surface area contributed by atoms with Gasteiger partial charge < -0.3 is 10.2 Å². The number of carbonyl (C=O) groups excluding carboxylic acids is 1. The molecule has 0 spiro atoms. The lowest BCUT2D eigenvalue weighted by atomic mass is 10.1. The van der Waals surface area contributed by atoms with Crippen molar-refractivity contribution < 1.29 is 4.79 Å². The molecule has 1 aromatic heterocycles. The summed E-state index contributed by atoms with van der Waals surface area (Å²) in [7, 11) is 0. The van der Waals surface area contributed by atoms with E-state index in [2.05, 4.69) is 33.9 Å². The van der Waals surface area contributed by atoms with E-state index in [1.54, 1.807) is 0 Å². The largest absolute Gasteiger partial charge is 0.350 e. The maximum Gasteiger partial charge on any atom is 0.252 e. The zero-order valence-corrected chi connectivity index (χ0v) is 15.5. The van der Waals surface area contributed by atoms with Crippen LogP contribution in [0.2, 0.25) is 0 Å². The number of pyridine rings is 1. The molecule has 1 N–H and O–H groups in total. The molecule has 5 nitrogen and oxygen atoms in total. The molecule has 1 atom stereocenters. The van der Waals surface area contributed by atoms with Crippen molar-refractivity contribution in [3.63, 3.8) is 0 Å². The Bertz CT molecular complexity index is 738. The number of para-hydroxylation sites is 1. The van der Waals surface area contributed by atoms with Gasteiger partial charge >= 0.3 is 0 Å². The third kappa shape index (κ3) is 4.17. The van der Waals surface area contributed by atoms with Gasteiger partial charge in [0, 0.05) is 49.8 Å². The van der Waals surface area contributed by atoms with Crippen molar-refractivity contribution in [1.29, 1.82) is 0 Å². The lowest BCUT2D eigenvalue weighted by Gasteiger charge is -2.37. The molecule has 0 aliphatic carbocycles. The Labute approximate surface area is 150 Å². The second-order valence-corrected chi connectivity index (χ2v) is 6.86. The number of aryl methyl sites for hydroxylation is 1. The maximum atomic E-state index is 12.7. The Kier molecular flexibility index (Phi) is 5.66. The Morgan fingerprint density at radius 3 is 2.68 bits per heavy atom. The van der Waals surface area contributed by atoms with Crippen molar-refractivity contribution in [3.05, 3.63) is 41.6 Å². The Morgan fingerprint density at radius 2 is 1.96 bits per heavy atom. The molecule has 3 rings (SSSR count). The average Bonchev–Trinajstić information content (AvgIpc) is 2.65. The first kappa shape index (κ1) is 17.8. The Balaban J connectivity index is 1.63. The highest BCUT2D eigenvalue weighted by molar-refractivity contribution is 6.06. The number of carbonyl (C=O) groups is 1. The van der Waals surface area contributed by atoms with E-state index in [4.69, 9.17) is 0 Å². The van der Waals surface area contributed by atoms with Crippen LogP contribution in [0.1, 0.15) is 29.9 Å². The van der Waals surface area contributed by atoms with Crippen LogP contribution in [0.25, 0.3) is 10.9 Å². The minimum Gasteiger partial charge on any atom is -0.350 e. The minimum atomic E-state index is -0.0132. The first-order chi connectivity index (χ1) is 12.1. The van der Waals surface area contributed by atoms with Crippen LogP contribution in [0.15, 0.2) is 30.3 Å². The molecule has 0 saturated carbocycles. The molecule has 1 aliphatic rings. The number of rotatable bonds is 5. The maximum absolute atomic E-state index is 12.7. The van der Waals surface area contributed by atoms with E-state index < -0.39 is 0 Å². The van der Waals surface area contributed by atoms with Crippen LogP contribution in [-0.2, 0) is 0 Å². The molecule has 2 aromatic rings. The number of nitrogens with zero attached hydrogens (tertiary/aromatic N) is 3. The smallest absolute Gasteiger partial charge is 0.252 e. The lowest BCUT2D eigenvalue weighted by Crippen LogP contribution is -2.52. The van der Waals surface area contributed by atoms with E-state index in [9.17, 15) is 4.79 Å². The predicted molar refractivity (Wildman–Crippen MR) is 102 cm³/mol. The van der Waals surface area contributed by atoms with Gasteiger partial charge in [0.1, 0.15) is 0 Å². The third-order valence-corrected chi connectivity index (χ3v) is 5.12. The van der Waals surface area contributed by atoms with Crippen molar-refractivity contribution in [2.45, 2.75) is 26.8 Å². The quantitative estimate of drug-likeness (QED) is 0.907. The fourth-order valence-corrected chi connectivity index (χ4v) is 3.48. The van der Waals surface area contributed by atoms with Gasteiger partial charge in [0.2, 0.25) is 0 Å². The van der Waals surface area contributed by atoms with Crippen molar-refractivity contribution >= 4 is 16.8 Å². The molecule has 0 bridgehead atoms. The van der Waals surface area contributed by atoms with E-state index in [1.807, 2.05) is 37.3 Å². The van der Waals surface area contributed by atoms with E-state index in [0.717, 1.165) is 49.3 Å². The third-order valence-electron chi connectivity index (χ3n) is 5.12. The minimum absolute atomic E-state index is 0.0132. The van der Waals surface area contributed by atoms with Gasteiger partial charge in [-0.1, -0.05) is 25.1 Å². The van der Waals surface area contributed by atoms with Gasteiger partial charge in [0.25, 0.3) is 5.91 Å². The molecule has 1 aromatic carbocycles. The monoisotopic (exact) mass is 340 g/mol. The highest BCUT2D eigenvalue weighted by atomic mass is 16.1. The highest BCUT2D eigenvalue weighted by Crippen LogP contribution is 2.18. The molecular formula is C20H28N4O. The van der Waals surface area contributed by atoms with Crippen LogP contribution in [0.3, 0.4) is 0 Å². The number of nitrogens with one attached hydrogen (secondary N) is 1. The molecular weight excluding hydrogens is 312 g/mol. The fraction of sp³-hybridized carbons (Fsp3) is 0.500. The summed E-state index contributed by atoms with van der Waals surface area (Å²) in [6, 6.07) is 10.0. The summed E-state index contributed by atoms with van der Waals surface area (Å²) in [5, 5.41) is 4.03. The van der Waals surface area contributed by atoms with Crippen LogP contribution >= 0.6 is 0 Å². The zero-order chi connectivity index (χ0) is 17.8. The molecule has 1 aliphatic heterocycles. The second-order valence-electron chi connectivity index (χ2n) is 6.86. The summed E-state index contributed by atoms with van der Waals surface area (Å²) in [4.78, 5) is 22.2. The molecule has 2 heterocycles. The molecule has 1 saturated heterocycles. The summed E-state index contributed by atoms with van der Waals surface area (Å²) in [5.41, 5.74) is 2.45. The molecule has 5 heteroatoms. The first-order valence-corrected chi connectivity index (χ1v) is 9.19. The summed E-state index contributed by atoms with van der Waals surface area (Å²) in [6.45, 7) is 12.5. The van der Waals surface area contributed by atoms with E-state index >= 15 is 0 Å². The van der Waals surface area contributed by atoms with Crippen LogP contribution in [0, 0.1) is 6.92 Å². The number of piperazine rings is 1. The number of benzene rings is 1. The van der Waals surface area contributed by atoms with Gasteiger partial charge in [0.05, 0.1) is 11.1 Å². The molecule has 134 valence electrons. The van der Waals surface area contributed by atoms with Gasteiger partial charge in [-0.05, 0) is 32.5 Å². The van der Waals surface area contributed by atoms with Gasteiger partial charge in [0.15, 0.2) is 0 Å². The molecule has 25 heavy (non-hydrogen) atoms. The van der Waals surface area contributed by atoms with Crippen molar-refractivity contribution in [1.82, 2.24) is 20.1 Å². The molecule has 0 radical (unpaired) electrons. The topological polar surface area (TPSA) is 48.5 Å². The summed E-state index contributed by atoms with van der Waals surface area (Å²) < 4.78 is 0. The van der Waals surface area contributed by atoms with E-state index in [1.165, 1.54) is 0 Å². The van der Waals surface area contributed by atoms with Crippen LogP contribution in [-0.4, -0.2) is 66.0 Å². The van der Waals surface area contributed by atoms with Gasteiger partial charge in [-0.2, -0.15) is 0 Å². The number of likely N-dealkylation sites (N-methyl/N-ethyl adjacent to an activating group) is 1. The Hall–Kier alpha value is -1.98. The first-order valence-electron chi connectivity index (χ1n) is 9.19. The summed E-state index contributed by atoms with van der Waals surface area (Å²) >= 11 is 0. The van der Waals surface area contributed by atoms with E-state index in [-0.39, 0.29) is 5.91 Å². The number of fused-ring (bicyclic) bond motifs is 1. The fourth-order valence-electron chi connectivity index (χ4n) is 3.48. The molecule has 1 fully saturated rings. The number of hydrogen-bond donors (Lipinski definition) is 1. The normalized spacial score (nSPS) is 17.6. The highest BCUT2D eigenvalue weighted by Gasteiger charge is 2.21. The van der Waals surface area contributed by atoms with Crippen LogP contribution in [0.5, 0.6) is 0 Å². The summed E-state index contributed by atoms with van der Waals surface area (Å²) in [5.74, 6) is -0.0132. The zero-order valence-electron chi connectivity index (χ0n) is 15.5. The van der Waals surface area contributed by atoms with Gasteiger partial charge in [-0.25, -0.2) is 0 Å². The summed E-state index contributed by atoms with van der Waals surface area (Å²) in [6.07, 6.45) is 0. The molecule has 0 unspecified atom stereocenters. The second kappa shape index (κ2) is 7.93. The van der Waals surface area contributed by atoms with Gasteiger partial charge in [-0.3, -0.25) is 14.7 Å². The van der Waals surface area contributed by atoms with Crippen LogP contribution in [0.4, 0.5) is 0 Å². The number of aromatic nitrogens is 1. The van der Waals surface area contributed by atoms with Crippen molar-refractivity contribution in [2.75, 3.05) is 39.3 Å². The predicted octanol–water partition coefficient (Wildman–Crippen LogP) is 2.30. The van der Waals surface area contributed by atoms with Crippen LogP contribution < -0.4 is 5.32 Å². The van der Waals surface area contributed by atoms with Crippen molar-refractivity contribution in [2.24, 2.45) is 0 Å². The Morgan fingerprint density at radius 1 is 1.24 bits per heavy atom. The average molecular weight is 340 g/mol. The standard InChI is InChI=1S/C20H28N4O/c1-4-23-9-11-24(12-10-23)16(3)14-21-20(25)18-13-15(2)22-19-8-6-5-7-17(18)19/h5-8,13,16H,4,9-12,14H2,1-3H3,(H,21,25)/t16-/m1/s1. The van der Waals surface area contributed by atoms with Gasteiger partial charge in [-0.15, -0.1) is 0 Å². The lowest BCUT2D eigenvalue weighted by molar-refractivity contribution is 0.0884.